The SMILES string of the molecule is COCCN(CCCl)Cc1ccc(Br)cc1F. The molecule has 0 aliphatic heterocycles. The van der Waals surface area contributed by atoms with Crippen LogP contribution in [-0.2, 0) is 11.3 Å². The molecule has 0 aliphatic rings. The van der Waals surface area contributed by atoms with E-state index in [0.29, 0.717) is 24.6 Å². The van der Waals surface area contributed by atoms with Crippen molar-refractivity contribution in [1.82, 2.24) is 4.90 Å². The van der Waals surface area contributed by atoms with E-state index in [0.717, 1.165) is 17.6 Å². The minimum Gasteiger partial charge on any atom is -0.383 e. The van der Waals surface area contributed by atoms with Gasteiger partial charge < -0.3 is 4.74 Å². The van der Waals surface area contributed by atoms with Gasteiger partial charge in [-0.3, -0.25) is 4.90 Å². The molecule has 1 aromatic rings. The van der Waals surface area contributed by atoms with Crippen molar-refractivity contribution in [3.63, 3.8) is 0 Å². The standard InChI is InChI=1S/C12H16BrClFNO/c1-17-7-6-16(5-4-14)9-10-2-3-11(13)8-12(10)15/h2-3,8H,4-7,9H2,1H3. The van der Waals surface area contributed by atoms with Crippen LogP contribution in [0.3, 0.4) is 0 Å². The summed E-state index contributed by atoms with van der Waals surface area (Å²) in [6, 6.07) is 5.10. The molecule has 1 aromatic carbocycles. The smallest absolute Gasteiger partial charge is 0.128 e. The van der Waals surface area contributed by atoms with E-state index in [4.69, 9.17) is 16.3 Å². The highest BCUT2D eigenvalue weighted by atomic mass is 79.9. The van der Waals surface area contributed by atoms with Gasteiger partial charge in [0.25, 0.3) is 0 Å². The molecule has 17 heavy (non-hydrogen) atoms. The molecule has 0 saturated carbocycles. The van der Waals surface area contributed by atoms with Gasteiger partial charge in [0.1, 0.15) is 5.82 Å². The molecule has 0 atom stereocenters. The Balaban J connectivity index is 2.64. The molecular formula is C12H16BrClFNO. The van der Waals surface area contributed by atoms with Crippen molar-refractivity contribution < 1.29 is 9.13 Å². The maximum atomic E-state index is 13.7. The summed E-state index contributed by atoms with van der Waals surface area (Å²) in [5, 5.41) is 0. The van der Waals surface area contributed by atoms with Crippen LogP contribution in [0.1, 0.15) is 5.56 Å². The lowest BCUT2D eigenvalue weighted by atomic mass is 10.2. The number of benzene rings is 1. The van der Waals surface area contributed by atoms with Gasteiger partial charge in [-0.05, 0) is 12.1 Å². The van der Waals surface area contributed by atoms with Gasteiger partial charge >= 0.3 is 0 Å². The Bertz CT molecular complexity index is 351. The van der Waals surface area contributed by atoms with Crippen molar-refractivity contribution in [3.05, 3.63) is 34.1 Å². The molecule has 0 fully saturated rings. The molecule has 0 bridgehead atoms. The first-order valence-corrected chi connectivity index (χ1v) is 6.71. The maximum absolute atomic E-state index is 13.7. The molecule has 0 aromatic heterocycles. The van der Waals surface area contributed by atoms with Crippen molar-refractivity contribution >= 4 is 27.5 Å². The van der Waals surface area contributed by atoms with E-state index in [1.165, 1.54) is 6.07 Å². The number of methoxy groups -OCH3 is 1. The fraction of sp³-hybridized carbons (Fsp3) is 0.500. The largest absolute Gasteiger partial charge is 0.383 e. The van der Waals surface area contributed by atoms with Crippen LogP contribution >= 0.6 is 27.5 Å². The van der Waals surface area contributed by atoms with Crippen LogP contribution in [0, 0.1) is 5.82 Å². The molecule has 2 nitrogen and oxygen atoms in total. The lowest BCUT2D eigenvalue weighted by molar-refractivity contribution is 0.147. The lowest BCUT2D eigenvalue weighted by Crippen LogP contribution is -2.29. The highest BCUT2D eigenvalue weighted by Crippen LogP contribution is 2.16. The van der Waals surface area contributed by atoms with E-state index in [2.05, 4.69) is 20.8 Å². The molecule has 0 N–H and O–H groups in total. The number of nitrogens with zero attached hydrogens (tertiary/aromatic N) is 1. The third-order valence-corrected chi connectivity index (χ3v) is 3.08. The van der Waals surface area contributed by atoms with Crippen molar-refractivity contribution in [1.29, 1.82) is 0 Å². The van der Waals surface area contributed by atoms with Crippen LogP contribution in [0.15, 0.2) is 22.7 Å². The van der Waals surface area contributed by atoms with Crippen LogP contribution in [0.25, 0.3) is 0 Å². The number of halogens is 3. The van der Waals surface area contributed by atoms with E-state index in [1.807, 2.05) is 6.07 Å². The van der Waals surface area contributed by atoms with Gasteiger partial charge in [-0.25, -0.2) is 4.39 Å². The molecule has 5 heteroatoms. The summed E-state index contributed by atoms with van der Waals surface area (Å²) in [4.78, 5) is 2.07. The molecule has 1 rings (SSSR count). The summed E-state index contributed by atoms with van der Waals surface area (Å²) in [6.45, 7) is 2.64. The Kier molecular flexibility index (Phi) is 7.04. The fourth-order valence-corrected chi connectivity index (χ4v) is 2.07. The number of rotatable bonds is 7. The van der Waals surface area contributed by atoms with Crippen LogP contribution < -0.4 is 0 Å². The van der Waals surface area contributed by atoms with Gasteiger partial charge in [0.15, 0.2) is 0 Å². The van der Waals surface area contributed by atoms with E-state index in [1.54, 1.807) is 13.2 Å². The molecule has 0 spiro atoms. The highest BCUT2D eigenvalue weighted by molar-refractivity contribution is 9.10. The Morgan fingerprint density at radius 1 is 1.41 bits per heavy atom. The zero-order valence-electron chi connectivity index (χ0n) is 9.76. The summed E-state index contributed by atoms with van der Waals surface area (Å²) in [5.74, 6) is 0.332. The molecule has 0 radical (unpaired) electrons. The Morgan fingerprint density at radius 2 is 2.18 bits per heavy atom. The summed E-state index contributed by atoms with van der Waals surface area (Å²) in [7, 11) is 1.65. The maximum Gasteiger partial charge on any atom is 0.128 e. The number of alkyl halides is 1. The van der Waals surface area contributed by atoms with Crippen molar-refractivity contribution in [2.24, 2.45) is 0 Å². The molecular weight excluding hydrogens is 308 g/mol. The van der Waals surface area contributed by atoms with Crippen LogP contribution in [0.2, 0.25) is 0 Å². The predicted molar refractivity (Wildman–Crippen MR) is 72.0 cm³/mol. The highest BCUT2D eigenvalue weighted by Gasteiger charge is 2.09. The Labute approximate surface area is 115 Å². The van der Waals surface area contributed by atoms with Crippen molar-refractivity contribution in [3.8, 4) is 0 Å². The first-order chi connectivity index (χ1) is 8.17. The molecule has 0 heterocycles. The van der Waals surface area contributed by atoms with E-state index in [9.17, 15) is 4.39 Å². The third-order valence-electron chi connectivity index (χ3n) is 2.42. The minimum atomic E-state index is -0.198. The summed E-state index contributed by atoms with van der Waals surface area (Å²) >= 11 is 8.96. The average Bonchev–Trinajstić information content (AvgIpc) is 2.29. The monoisotopic (exact) mass is 323 g/mol. The zero-order chi connectivity index (χ0) is 12.7. The lowest BCUT2D eigenvalue weighted by Gasteiger charge is -2.21. The molecule has 0 saturated heterocycles. The summed E-state index contributed by atoms with van der Waals surface area (Å²) in [6.07, 6.45) is 0. The van der Waals surface area contributed by atoms with Crippen LogP contribution in [-0.4, -0.2) is 37.6 Å². The molecule has 0 unspecified atom stereocenters. The van der Waals surface area contributed by atoms with Crippen molar-refractivity contribution in [2.45, 2.75) is 6.54 Å². The summed E-state index contributed by atoms with van der Waals surface area (Å²) in [5.41, 5.74) is 0.675. The first-order valence-electron chi connectivity index (χ1n) is 5.38. The zero-order valence-corrected chi connectivity index (χ0v) is 12.1. The second kappa shape index (κ2) is 8.03. The molecule has 0 aliphatic carbocycles. The quantitative estimate of drug-likeness (QED) is 0.714. The Hall–Kier alpha value is -0.160. The molecule has 96 valence electrons. The number of hydrogen-bond acceptors (Lipinski definition) is 2. The second-order valence-corrected chi connectivity index (χ2v) is 4.99. The van der Waals surface area contributed by atoms with E-state index < -0.39 is 0 Å². The number of ether oxygens (including phenoxy) is 1. The average molecular weight is 325 g/mol. The second-order valence-electron chi connectivity index (χ2n) is 3.69. The van der Waals surface area contributed by atoms with Gasteiger partial charge in [-0.1, -0.05) is 22.0 Å². The molecule has 0 amide bonds. The van der Waals surface area contributed by atoms with Crippen molar-refractivity contribution in [2.75, 3.05) is 32.7 Å². The van der Waals surface area contributed by atoms with Gasteiger partial charge in [0.2, 0.25) is 0 Å². The van der Waals surface area contributed by atoms with Crippen LogP contribution in [0.4, 0.5) is 4.39 Å². The fourth-order valence-electron chi connectivity index (χ4n) is 1.50. The van der Waals surface area contributed by atoms with E-state index >= 15 is 0 Å². The topological polar surface area (TPSA) is 12.5 Å². The predicted octanol–water partition coefficient (Wildman–Crippen LogP) is 3.28. The normalized spacial score (nSPS) is 11.1. The van der Waals surface area contributed by atoms with E-state index in [-0.39, 0.29) is 5.82 Å². The van der Waals surface area contributed by atoms with Gasteiger partial charge in [0, 0.05) is 42.7 Å². The minimum absolute atomic E-state index is 0.198. The van der Waals surface area contributed by atoms with Crippen LogP contribution in [0.5, 0.6) is 0 Å². The van der Waals surface area contributed by atoms with Gasteiger partial charge in [0.05, 0.1) is 6.61 Å². The van der Waals surface area contributed by atoms with Gasteiger partial charge in [-0.15, -0.1) is 11.6 Å². The third kappa shape index (κ3) is 5.34. The van der Waals surface area contributed by atoms with Gasteiger partial charge in [-0.2, -0.15) is 0 Å². The first kappa shape index (κ1) is 14.9. The summed E-state index contributed by atoms with van der Waals surface area (Å²) < 4.78 is 19.4. The number of hydrogen-bond donors (Lipinski definition) is 0. The Morgan fingerprint density at radius 3 is 2.76 bits per heavy atom.